The van der Waals surface area contributed by atoms with Crippen molar-refractivity contribution in [2.75, 3.05) is 0 Å². The molecule has 94 valence electrons. The van der Waals surface area contributed by atoms with Gasteiger partial charge in [0.05, 0.1) is 5.56 Å². The van der Waals surface area contributed by atoms with Gasteiger partial charge in [0.2, 0.25) is 5.82 Å². The highest BCUT2D eigenvalue weighted by Crippen LogP contribution is 2.31. The molecule has 0 amide bonds. The van der Waals surface area contributed by atoms with Crippen molar-refractivity contribution in [3.63, 3.8) is 0 Å². The Morgan fingerprint density at radius 2 is 1.61 bits per heavy atom. The zero-order valence-corrected chi connectivity index (χ0v) is 9.14. The summed E-state index contributed by atoms with van der Waals surface area (Å²) in [6, 6.07) is 5.53. The van der Waals surface area contributed by atoms with Crippen LogP contribution >= 0.6 is 0 Å². The molecule has 18 heavy (non-hydrogen) atoms. The van der Waals surface area contributed by atoms with Crippen LogP contribution in [0.25, 0.3) is 11.4 Å². The largest absolute Gasteiger partial charge is 0.573 e. The molecule has 0 unspecified atom stereocenters. The molecule has 8 heteroatoms. The fourth-order valence-corrected chi connectivity index (χ4v) is 1.25. The quantitative estimate of drug-likeness (QED) is 0.823. The molecule has 2 aromatic rings. The Morgan fingerprint density at radius 3 is 2.22 bits per heavy atom. The lowest BCUT2D eigenvalue weighted by Crippen LogP contribution is -2.17. The van der Waals surface area contributed by atoms with Crippen LogP contribution in [0.2, 0.25) is 0 Å². The van der Waals surface area contributed by atoms with E-state index in [0.29, 0.717) is 5.82 Å². The van der Waals surface area contributed by atoms with Crippen molar-refractivity contribution in [3.8, 4) is 17.1 Å². The van der Waals surface area contributed by atoms with Gasteiger partial charge in [0.15, 0.2) is 5.82 Å². The van der Waals surface area contributed by atoms with Crippen LogP contribution in [-0.4, -0.2) is 26.8 Å². The second-order valence-electron chi connectivity index (χ2n) is 3.31. The summed E-state index contributed by atoms with van der Waals surface area (Å²) in [7, 11) is 0. The lowest BCUT2D eigenvalue weighted by molar-refractivity contribution is -0.274. The number of hydrogen-bond acceptors (Lipinski definition) is 5. The SMILES string of the molecule is Cc1nnc(-c2ccccc2OC(F)(F)F)nn1. The van der Waals surface area contributed by atoms with E-state index in [1.54, 1.807) is 13.0 Å². The minimum atomic E-state index is -4.78. The fourth-order valence-electron chi connectivity index (χ4n) is 1.25. The number of benzene rings is 1. The van der Waals surface area contributed by atoms with Crippen molar-refractivity contribution in [3.05, 3.63) is 30.1 Å². The number of rotatable bonds is 2. The van der Waals surface area contributed by atoms with Crippen LogP contribution in [0.1, 0.15) is 5.82 Å². The van der Waals surface area contributed by atoms with E-state index in [9.17, 15) is 13.2 Å². The summed E-state index contributed by atoms with van der Waals surface area (Å²) in [6.45, 7) is 1.57. The van der Waals surface area contributed by atoms with Crippen LogP contribution in [0.5, 0.6) is 5.75 Å². The molecule has 0 fully saturated rings. The molecule has 0 atom stereocenters. The van der Waals surface area contributed by atoms with Crippen LogP contribution in [0.4, 0.5) is 13.2 Å². The number of halogens is 3. The van der Waals surface area contributed by atoms with Gasteiger partial charge in [-0.2, -0.15) is 0 Å². The summed E-state index contributed by atoms with van der Waals surface area (Å²) in [4.78, 5) is 0. The monoisotopic (exact) mass is 256 g/mol. The van der Waals surface area contributed by atoms with Gasteiger partial charge in [-0.3, -0.25) is 0 Å². The second-order valence-corrected chi connectivity index (χ2v) is 3.31. The first-order valence-electron chi connectivity index (χ1n) is 4.85. The highest BCUT2D eigenvalue weighted by atomic mass is 19.4. The molecule has 0 aliphatic carbocycles. The van der Waals surface area contributed by atoms with E-state index in [4.69, 9.17) is 0 Å². The zero-order chi connectivity index (χ0) is 13.2. The first-order valence-corrected chi connectivity index (χ1v) is 4.85. The molecule has 0 N–H and O–H groups in total. The summed E-state index contributed by atoms with van der Waals surface area (Å²) in [6.07, 6.45) is -4.78. The smallest absolute Gasteiger partial charge is 0.405 e. The summed E-state index contributed by atoms with van der Waals surface area (Å²) < 4.78 is 40.5. The average molecular weight is 256 g/mol. The molecule has 0 spiro atoms. The van der Waals surface area contributed by atoms with Crippen LogP contribution in [0.3, 0.4) is 0 Å². The molecule has 0 radical (unpaired) electrons. The maximum atomic E-state index is 12.2. The van der Waals surface area contributed by atoms with E-state index >= 15 is 0 Å². The average Bonchev–Trinajstić information content (AvgIpc) is 2.29. The molecule has 1 aromatic carbocycles. The topological polar surface area (TPSA) is 60.8 Å². The molecule has 5 nitrogen and oxygen atoms in total. The second kappa shape index (κ2) is 4.55. The van der Waals surface area contributed by atoms with Gasteiger partial charge >= 0.3 is 6.36 Å². The fraction of sp³-hybridized carbons (Fsp3) is 0.200. The minimum absolute atomic E-state index is 0.0274. The number of para-hydroxylation sites is 1. The lowest BCUT2D eigenvalue weighted by atomic mass is 10.2. The van der Waals surface area contributed by atoms with Crippen molar-refractivity contribution in [2.24, 2.45) is 0 Å². The van der Waals surface area contributed by atoms with Crippen molar-refractivity contribution in [1.29, 1.82) is 0 Å². The summed E-state index contributed by atoms with van der Waals surface area (Å²) in [5, 5.41) is 14.6. The standard InChI is InChI=1S/C10H7F3N4O/c1-6-14-16-9(17-15-6)7-4-2-3-5-8(7)18-10(11,12)13/h2-5H,1H3. The van der Waals surface area contributed by atoms with Crippen molar-refractivity contribution >= 4 is 0 Å². The molecule has 0 saturated carbocycles. The highest BCUT2D eigenvalue weighted by molar-refractivity contribution is 5.63. The summed E-state index contributed by atoms with van der Waals surface area (Å²) in [5.74, 6) is -0.0918. The molecule has 0 saturated heterocycles. The maximum Gasteiger partial charge on any atom is 0.573 e. The Hall–Kier alpha value is -2.25. The van der Waals surface area contributed by atoms with Gasteiger partial charge in [-0.05, 0) is 19.1 Å². The predicted molar refractivity (Wildman–Crippen MR) is 54.5 cm³/mol. The van der Waals surface area contributed by atoms with E-state index < -0.39 is 12.1 Å². The molecule has 0 aliphatic rings. The Balaban J connectivity index is 2.41. The van der Waals surface area contributed by atoms with E-state index in [1.807, 2.05) is 0 Å². The molecule has 1 heterocycles. The van der Waals surface area contributed by atoms with Crippen LogP contribution in [0.15, 0.2) is 24.3 Å². The highest BCUT2D eigenvalue weighted by Gasteiger charge is 2.32. The summed E-state index contributed by atoms with van der Waals surface area (Å²) in [5.41, 5.74) is 0.0785. The third-order valence-corrected chi connectivity index (χ3v) is 1.93. The first kappa shape index (κ1) is 12.2. The van der Waals surface area contributed by atoms with Gasteiger partial charge < -0.3 is 4.74 Å². The molecule has 0 aliphatic heterocycles. The Morgan fingerprint density at radius 1 is 1.00 bits per heavy atom. The number of aryl methyl sites for hydroxylation is 1. The van der Waals surface area contributed by atoms with E-state index in [0.717, 1.165) is 0 Å². The minimum Gasteiger partial charge on any atom is -0.405 e. The normalized spacial score (nSPS) is 11.3. The maximum absolute atomic E-state index is 12.2. The summed E-state index contributed by atoms with van der Waals surface area (Å²) >= 11 is 0. The Kier molecular flexibility index (Phi) is 3.09. The number of hydrogen-bond donors (Lipinski definition) is 0. The van der Waals surface area contributed by atoms with Crippen LogP contribution < -0.4 is 4.74 Å². The first-order chi connectivity index (χ1) is 8.46. The van der Waals surface area contributed by atoms with Gasteiger partial charge in [-0.25, -0.2) is 0 Å². The third kappa shape index (κ3) is 2.90. The molecular formula is C10H7F3N4O. The van der Waals surface area contributed by atoms with Crippen molar-refractivity contribution < 1.29 is 17.9 Å². The Bertz CT molecular complexity index is 542. The molecule has 2 rings (SSSR count). The zero-order valence-electron chi connectivity index (χ0n) is 9.14. The predicted octanol–water partition coefficient (Wildman–Crippen LogP) is 2.14. The van der Waals surface area contributed by atoms with Crippen LogP contribution in [0, 0.1) is 6.92 Å². The van der Waals surface area contributed by atoms with Crippen molar-refractivity contribution in [1.82, 2.24) is 20.4 Å². The van der Waals surface area contributed by atoms with E-state index in [2.05, 4.69) is 25.1 Å². The number of alkyl halides is 3. The van der Waals surface area contributed by atoms with Gasteiger partial charge in [0.25, 0.3) is 0 Å². The van der Waals surface area contributed by atoms with Crippen molar-refractivity contribution in [2.45, 2.75) is 13.3 Å². The van der Waals surface area contributed by atoms with Gasteiger partial charge in [-0.1, -0.05) is 12.1 Å². The number of aromatic nitrogens is 4. The van der Waals surface area contributed by atoms with Crippen LogP contribution in [-0.2, 0) is 0 Å². The van der Waals surface area contributed by atoms with Gasteiger partial charge in [-0.15, -0.1) is 33.6 Å². The van der Waals surface area contributed by atoms with Gasteiger partial charge in [0.1, 0.15) is 5.75 Å². The number of nitrogens with zero attached hydrogens (tertiary/aromatic N) is 4. The number of ether oxygens (including phenoxy) is 1. The lowest BCUT2D eigenvalue weighted by Gasteiger charge is -2.11. The van der Waals surface area contributed by atoms with Gasteiger partial charge in [0, 0.05) is 0 Å². The Labute approximate surface area is 99.6 Å². The third-order valence-electron chi connectivity index (χ3n) is 1.93. The molecule has 0 bridgehead atoms. The molecule has 1 aromatic heterocycles. The van der Waals surface area contributed by atoms with E-state index in [1.165, 1.54) is 18.2 Å². The molecular weight excluding hydrogens is 249 g/mol. The van der Waals surface area contributed by atoms with E-state index in [-0.39, 0.29) is 11.4 Å².